The van der Waals surface area contributed by atoms with Gasteiger partial charge in [0.15, 0.2) is 0 Å². The molecule has 4 nitrogen and oxygen atoms in total. The molecule has 0 fully saturated rings. The lowest BCUT2D eigenvalue weighted by Gasteiger charge is -2.30. The summed E-state index contributed by atoms with van der Waals surface area (Å²) in [6.07, 6.45) is 0.235. The fourth-order valence-electron chi connectivity index (χ4n) is 1.54. The predicted molar refractivity (Wildman–Crippen MR) is 64.2 cm³/mol. The molecule has 0 aromatic carbocycles. The second-order valence-corrected chi connectivity index (χ2v) is 4.62. The third-order valence-corrected chi connectivity index (χ3v) is 2.54. The van der Waals surface area contributed by atoms with Crippen LogP contribution in [0, 0.1) is 5.92 Å². The monoisotopic (exact) mass is 231 g/mol. The molecule has 0 bridgehead atoms. The second kappa shape index (κ2) is 7.63. The summed E-state index contributed by atoms with van der Waals surface area (Å²) in [7, 11) is 1.63. The Balaban J connectivity index is 4.36. The molecule has 0 aliphatic heterocycles. The number of carbonyl (C=O) groups excluding carboxylic acids is 1. The summed E-state index contributed by atoms with van der Waals surface area (Å²) < 4.78 is 4.96. The Labute approximate surface area is 98.6 Å². The van der Waals surface area contributed by atoms with Crippen molar-refractivity contribution in [2.45, 2.75) is 46.3 Å². The molecular weight excluding hydrogens is 206 g/mol. The smallest absolute Gasteiger partial charge is 0.225 e. The molecule has 0 saturated heterocycles. The van der Waals surface area contributed by atoms with Crippen molar-refractivity contribution in [2.24, 2.45) is 5.92 Å². The number of aliphatic hydroxyl groups excluding tert-OH is 1. The zero-order chi connectivity index (χ0) is 12.7. The summed E-state index contributed by atoms with van der Waals surface area (Å²) in [5.41, 5.74) is 0. The van der Waals surface area contributed by atoms with Crippen LogP contribution in [0.15, 0.2) is 0 Å². The first-order valence-corrected chi connectivity index (χ1v) is 5.87. The highest BCUT2D eigenvalue weighted by Crippen LogP contribution is 2.11. The molecule has 0 rings (SSSR count). The van der Waals surface area contributed by atoms with Crippen molar-refractivity contribution < 1.29 is 14.6 Å². The average molecular weight is 231 g/mol. The molecule has 0 spiro atoms. The van der Waals surface area contributed by atoms with Crippen molar-refractivity contribution in [1.82, 2.24) is 4.90 Å². The molecule has 1 amide bonds. The van der Waals surface area contributed by atoms with Crippen molar-refractivity contribution in [1.29, 1.82) is 0 Å². The lowest BCUT2D eigenvalue weighted by atomic mass is 10.1. The molecular formula is C12H25NO3. The Morgan fingerprint density at radius 2 is 1.88 bits per heavy atom. The minimum atomic E-state index is -0.485. The van der Waals surface area contributed by atoms with E-state index in [0.717, 1.165) is 6.42 Å². The number of hydrogen-bond acceptors (Lipinski definition) is 3. The molecule has 2 atom stereocenters. The standard InChI is InChI=1S/C12H25NO3/c1-9(2)13(8-11(4)14)12(15)10(3)6-7-16-5/h9-11,14H,6-8H2,1-5H3. The van der Waals surface area contributed by atoms with Crippen LogP contribution >= 0.6 is 0 Å². The van der Waals surface area contributed by atoms with Crippen LogP contribution in [-0.4, -0.2) is 48.3 Å². The second-order valence-electron chi connectivity index (χ2n) is 4.62. The van der Waals surface area contributed by atoms with Crippen LogP contribution in [-0.2, 0) is 9.53 Å². The molecule has 0 aromatic heterocycles. The maximum atomic E-state index is 12.1. The SMILES string of the molecule is COCCC(C)C(=O)N(CC(C)O)C(C)C. The zero-order valence-electron chi connectivity index (χ0n) is 11.1. The Kier molecular flexibility index (Phi) is 7.34. The lowest BCUT2D eigenvalue weighted by Crippen LogP contribution is -2.44. The van der Waals surface area contributed by atoms with Gasteiger partial charge in [0.1, 0.15) is 0 Å². The highest BCUT2D eigenvalue weighted by Gasteiger charge is 2.23. The third kappa shape index (κ3) is 5.47. The van der Waals surface area contributed by atoms with E-state index in [1.165, 1.54) is 0 Å². The number of methoxy groups -OCH3 is 1. The summed E-state index contributed by atoms with van der Waals surface area (Å²) in [6.45, 7) is 8.51. The van der Waals surface area contributed by atoms with Gasteiger partial charge in [-0.2, -0.15) is 0 Å². The van der Waals surface area contributed by atoms with E-state index in [9.17, 15) is 9.90 Å². The molecule has 2 unspecified atom stereocenters. The number of carbonyl (C=O) groups is 1. The number of rotatable bonds is 7. The van der Waals surface area contributed by atoms with Gasteiger partial charge in [0.2, 0.25) is 5.91 Å². The number of hydrogen-bond donors (Lipinski definition) is 1. The molecule has 96 valence electrons. The maximum absolute atomic E-state index is 12.1. The molecule has 0 aromatic rings. The van der Waals surface area contributed by atoms with Crippen LogP contribution in [0.4, 0.5) is 0 Å². The quantitative estimate of drug-likeness (QED) is 0.718. The van der Waals surface area contributed by atoms with E-state index in [2.05, 4.69) is 0 Å². The summed E-state index contributed by atoms with van der Waals surface area (Å²) >= 11 is 0. The van der Waals surface area contributed by atoms with E-state index in [4.69, 9.17) is 4.74 Å². The van der Waals surface area contributed by atoms with Gasteiger partial charge in [-0.05, 0) is 27.2 Å². The van der Waals surface area contributed by atoms with Crippen LogP contribution in [0.1, 0.15) is 34.1 Å². The van der Waals surface area contributed by atoms with Crippen LogP contribution in [0.25, 0.3) is 0 Å². The number of nitrogens with zero attached hydrogens (tertiary/aromatic N) is 1. The molecule has 0 aliphatic rings. The van der Waals surface area contributed by atoms with Crippen LogP contribution in [0.5, 0.6) is 0 Å². The molecule has 0 aliphatic carbocycles. The van der Waals surface area contributed by atoms with Crippen molar-refractivity contribution >= 4 is 5.91 Å². The number of aliphatic hydroxyl groups is 1. The van der Waals surface area contributed by atoms with Gasteiger partial charge in [-0.3, -0.25) is 4.79 Å². The molecule has 0 radical (unpaired) electrons. The molecule has 0 saturated carbocycles. The van der Waals surface area contributed by atoms with Crippen molar-refractivity contribution in [3.8, 4) is 0 Å². The van der Waals surface area contributed by atoms with Gasteiger partial charge < -0.3 is 14.7 Å². The number of ether oxygens (including phenoxy) is 1. The minimum absolute atomic E-state index is 0.0545. The first kappa shape index (κ1) is 15.4. The summed E-state index contributed by atoms with van der Waals surface area (Å²) in [4.78, 5) is 13.8. The van der Waals surface area contributed by atoms with Crippen molar-refractivity contribution in [3.63, 3.8) is 0 Å². The van der Waals surface area contributed by atoms with E-state index in [-0.39, 0.29) is 17.9 Å². The molecule has 4 heteroatoms. The van der Waals surface area contributed by atoms with Gasteiger partial charge in [-0.1, -0.05) is 6.92 Å². The fraction of sp³-hybridized carbons (Fsp3) is 0.917. The molecule has 1 N–H and O–H groups in total. The first-order chi connectivity index (χ1) is 7.40. The zero-order valence-corrected chi connectivity index (χ0v) is 11.1. The largest absolute Gasteiger partial charge is 0.392 e. The van der Waals surface area contributed by atoms with E-state index in [1.807, 2.05) is 20.8 Å². The van der Waals surface area contributed by atoms with Crippen molar-refractivity contribution in [3.05, 3.63) is 0 Å². The summed E-state index contributed by atoms with van der Waals surface area (Å²) in [5.74, 6) is 0.0362. The van der Waals surface area contributed by atoms with Crippen molar-refractivity contribution in [2.75, 3.05) is 20.3 Å². The van der Waals surface area contributed by atoms with Crippen LogP contribution in [0.3, 0.4) is 0 Å². The Bertz CT molecular complexity index is 204. The Hall–Kier alpha value is -0.610. The normalized spacial score (nSPS) is 14.9. The topological polar surface area (TPSA) is 49.8 Å². The third-order valence-electron chi connectivity index (χ3n) is 2.54. The van der Waals surface area contributed by atoms with Crippen LogP contribution < -0.4 is 0 Å². The van der Waals surface area contributed by atoms with E-state index in [0.29, 0.717) is 13.2 Å². The van der Waals surface area contributed by atoms with Crippen LogP contribution in [0.2, 0.25) is 0 Å². The minimum Gasteiger partial charge on any atom is -0.392 e. The van der Waals surface area contributed by atoms with Gasteiger partial charge in [-0.15, -0.1) is 0 Å². The molecule has 0 heterocycles. The summed E-state index contributed by atoms with van der Waals surface area (Å²) in [6, 6.07) is 0.118. The lowest BCUT2D eigenvalue weighted by molar-refractivity contribution is -0.138. The fourth-order valence-corrected chi connectivity index (χ4v) is 1.54. The molecule has 16 heavy (non-hydrogen) atoms. The average Bonchev–Trinajstić information content (AvgIpc) is 2.20. The Morgan fingerprint density at radius 1 is 1.31 bits per heavy atom. The summed E-state index contributed by atoms with van der Waals surface area (Å²) in [5, 5.41) is 9.36. The maximum Gasteiger partial charge on any atom is 0.225 e. The van der Waals surface area contributed by atoms with E-state index >= 15 is 0 Å². The van der Waals surface area contributed by atoms with Gasteiger partial charge in [0, 0.05) is 32.2 Å². The Morgan fingerprint density at radius 3 is 2.25 bits per heavy atom. The highest BCUT2D eigenvalue weighted by atomic mass is 16.5. The number of amides is 1. The van der Waals surface area contributed by atoms with E-state index < -0.39 is 6.10 Å². The van der Waals surface area contributed by atoms with Gasteiger partial charge >= 0.3 is 0 Å². The predicted octanol–water partition coefficient (Wildman–Crippen LogP) is 1.28. The van der Waals surface area contributed by atoms with Gasteiger partial charge in [0.05, 0.1) is 6.10 Å². The van der Waals surface area contributed by atoms with Gasteiger partial charge in [0.25, 0.3) is 0 Å². The van der Waals surface area contributed by atoms with Gasteiger partial charge in [-0.25, -0.2) is 0 Å². The van der Waals surface area contributed by atoms with E-state index in [1.54, 1.807) is 18.9 Å². The highest BCUT2D eigenvalue weighted by molar-refractivity contribution is 5.78. The first-order valence-electron chi connectivity index (χ1n) is 5.87.